The molecule has 0 saturated carbocycles. The fourth-order valence-corrected chi connectivity index (χ4v) is 4.45. The quantitative estimate of drug-likeness (QED) is 0.394. The molecule has 0 aliphatic carbocycles. The molecule has 156 valence electrons. The Labute approximate surface area is 187 Å². The summed E-state index contributed by atoms with van der Waals surface area (Å²) in [5.41, 5.74) is 9.56. The largest absolute Gasteiger partial charge is 0.325 e. The van der Waals surface area contributed by atoms with Crippen LogP contribution >= 0.6 is 11.6 Å². The molecule has 8 heteroatoms. The van der Waals surface area contributed by atoms with Crippen molar-refractivity contribution in [1.29, 1.82) is 0 Å². The van der Waals surface area contributed by atoms with Gasteiger partial charge in [0.05, 0.1) is 29.5 Å². The van der Waals surface area contributed by atoms with E-state index >= 15 is 0 Å². The zero-order valence-electron chi connectivity index (χ0n) is 17.1. The predicted octanol–water partition coefficient (Wildman–Crippen LogP) is 4.81. The van der Waals surface area contributed by atoms with Crippen LogP contribution in [0.15, 0.2) is 59.5 Å². The van der Waals surface area contributed by atoms with E-state index in [9.17, 15) is 4.79 Å². The maximum Gasteiger partial charge on any atom is 0.272 e. The smallest absolute Gasteiger partial charge is 0.272 e. The lowest BCUT2D eigenvalue weighted by molar-refractivity contribution is 0.776. The summed E-state index contributed by atoms with van der Waals surface area (Å²) in [6, 6.07) is 15.0. The van der Waals surface area contributed by atoms with Crippen LogP contribution < -0.4 is 11.3 Å². The monoisotopic (exact) mass is 440 g/mol. The third-order valence-corrected chi connectivity index (χ3v) is 6.03. The van der Waals surface area contributed by atoms with Gasteiger partial charge >= 0.3 is 0 Å². The van der Waals surface area contributed by atoms with Gasteiger partial charge in [-0.3, -0.25) is 9.48 Å². The number of hydrogen-bond acceptors (Lipinski definition) is 4. The molecule has 0 unspecified atom stereocenters. The van der Waals surface area contributed by atoms with Crippen LogP contribution in [0.1, 0.15) is 5.69 Å². The first kappa shape index (κ1) is 19.9. The first-order chi connectivity index (χ1) is 15.5. The molecule has 2 heterocycles. The highest BCUT2D eigenvalue weighted by atomic mass is 35.5. The molecule has 5 aromatic rings. The normalized spacial score (nSPS) is 11.2. The number of nitrogens with zero attached hydrogens (tertiary/aromatic N) is 4. The fraction of sp³-hybridized carbons (Fsp3) is 0.0833. The molecule has 3 N–H and O–H groups in total. The second kappa shape index (κ2) is 7.61. The summed E-state index contributed by atoms with van der Waals surface area (Å²) in [5.74, 6) is 0. The molecule has 0 fully saturated rings. The van der Waals surface area contributed by atoms with Gasteiger partial charge in [-0.05, 0) is 34.5 Å². The number of halogens is 1. The van der Waals surface area contributed by atoms with Crippen molar-refractivity contribution in [3.63, 3.8) is 0 Å². The number of fused-ring (bicyclic) bond motifs is 2. The second-order valence-corrected chi connectivity index (χ2v) is 7.79. The van der Waals surface area contributed by atoms with Crippen molar-refractivity contribution in [3.8, 4) is 22.4 Å². The van der Waals surface area contributed by atoms with Gasteiger partial charge in [-0.2, -0.15) is 10.2 Å². The maximum atomic E-state index is 12.2. The summed E-state index contributed by atoms with van der Waals surface area (Å²) < 4.78 is 1.71. The summed E-state index contributed by atoms with van der Waals surface area (Å²) in [6.45, 7) is 7.95. The Hall–Kier alpha value is -3.99. The lowest BCUT2D eigenvalue weighted by Crippen LogP contribution is -2.13. The molecule has 0 aliphatic heterocycles. The number of hydrogen-bond donors (Lipinski definition) is 2. The second-order valence-electron chi connectivity index (χ2n) is 7.41. The van der Waals surface area contributed by atoms with Gasteiger partial charge in [0, 0.05) is 35.1 Å². The highest BCUT2D eigenvalue weighted by molar-refractivity contribution is 6.39. The topological polar surface area (TPSA) is 93.9 Å². The average molecular weight is 441 g/mol. The fourth-order valence-electron chi connectivity index (χ4n) is 4.09. The number of aryl methyl sites for hydroxylation is 1. The molecule has 0 radical (unpaired) electrons. The number of nitrogens with two attached hydrogens (primary N) is 1. The van der Waals surface area contributed by atoms with Crippen LogP contribution in [0.2, 0.25) is 5.02 Å². The minimum Gasteiger partial charge on any atom is -0.325 e. The molecule has 0 bridgehead atoms. The van der Waals surface area contributed by atoms with Crippen molar-refractivity contribution in [1.82, 2.24) is 20.0 Å². The van der Waals surface area contributed by atoms with E-state index in [0.29, 0.717) is 32.7 Å². The first-order valence-electron chi connectivity index (χ1n) is 9.86. The van der Waals surface area contributed by atoms with Crippen molar-refractivity contribution in [2.24, 2.45) is 12.8 Å². The van der Waals surface area contributed by atoms with Crippen LogP contribution in [-0.4, -0.2) is 20.0 Å². The van der Waals surface area contributed by atoms with Crippen molar-refractivity contribution in [3.05, 3.63) is 87.2 Å². The molecule has 0 saturated heterocycles. The van der Waals surface area contributed by atoms with Crippen LogP contribution in [0, 0.1) is 6.57 Å². The third kappa shape index (κ3) is 2.97. The van der Waals surface area contributed by atoms with Crippen LogP contribution in [0.5, 0.6) is 0 Å². The SMILES string of the molecule is [C-]#[N+]c1cc2ccccc2c(Cl)c1-c1c(-c2ccc3c(=O)[nH]nc(CN)c3c2)cnn1C. The summed E-state index contributed by atoms with van der Waals surface area (Å²) in [5, 5.41) is 14.5. The molecule has 0 amide bonds. The third-order valence-electron chi connectivity index (χ3n) is 5.63. The van der Waals surface area contributed by atoms with Crippen LogP contribution in [0.3, 0.4) is 0 Å². The van der Waals surface area contributed by atoms with Crippen molar-refractivity contribution < 1.29 is 0 Å². The zero-order chi connectivity index (χ0) is 22.4. The Kier molecular flexibility index (Phi) is 4.74. The number of aromatic amines is 1. The van der Waals surface area contributed by atoms with Gasteiger partial charge in [0.25, 0.3) is 5.56 Å². The minimum absolute atomic E-state index is 0.189. The number of rotatable bonds is 3. The van der Waals surface area contributed by atoms with E-state index < -0.39 is 0 Å². The molecule has 32 heavy (non-hydrogen) atoms. The number of aromatic nitrogens is 4. The standard InChI is InChI=1S/C24H17ClN6O/c1-27-19-10-13-5-3-4-6-15(13)22(25)21(19)23-18(12-28-31(23)2)14-7-8-16-17(9-14)20(11-26)29-30-24(16)32/h3-10,12H,11,26H2,2H3,(H,30,32). The van der Waals surface area contributed by atoms with Crippen molar-refractivity contribution in [2.45, 2.75) is 6.54 Å². The van der Waals surface area contributed by atoms with Crippen LogP contribution in [-0.2, 0) is 13.6 Å². The average Bonchev–Trinajstić information content (AvgIpc) is 3.20. The molecule has 3 aromatic carbocycles. The zero-order valence-corrected chi connectivity index (χ0v) is 17.8. The Balaban J connectivity index is 1.82. The van der Waals surface area contributed by atoms with E-state index in [1.165, 1.54) is 0 Å². The first-order valence-corrected chi connectivity index (χ1v) is 10.2. The Bertz CT molecular complexity index is 1630. The molecule has 0 spiro atoms. The Morgan fingerprint density at radius 2 is 1.97 bits per heavy atom. The van der Waals surface area contributed by atoms with Gasteiger partial charge in [-0.15, -0.1) is 0 Å². The van der Waals surface area contributed by atoms with Gasteiger partial charge in [0.2, 0.25) is 0 Å². The van der Waals surface area contributed by atoms with E-state index in [-0.39, 0.29) is 12.1 Å². The molecule has 2 aromatic heterocycles. The Morgan fingerprint density at radius 1 is 1.16 bits per heavy atom. The predicted molar refractivity (Wildman–Crippen MR) is 127 cm³/mol. The van der Waals surface area contributed by atoms with Gasteiger partial charge in [0.15, 0.2) is 5.69 Å². The Morgan fingerprint density at radius 3 is 2.75 bits per heavy atom. The van der Waals surface area contributed by atoms with Crippen LogP contribution in [0.4, 0.5) is 5.69 Å². The van der Waals surface area contributed by atoms with E-state index in [0.717, 1.165) is 27.6 Å². The number of H-pyrrole nitrogens is 1. The minimum atomic E-state index is -0.275. The van der Waals surface area contributed by atoms with Gasteiger partial charge in [0.1, 0.15) is 0 Å². The summed E-state index contributed by atoms with van der Waals surface area (Å²) >= 11 is 6.86. The summed E-state index contributed by atoms with van der Waals surface area (Å²) in [4.78, 5) is 16.0. The van der Waals surface area contributed by atoms with Crippen LogP contribution in [0.25, 0.3) is 48.8 Å². The lowest BCUT2D eigenvalue weighted by Gasteiger charge is -2.14. The van der Waals surface area contributed by atoms with E-state index in [4.69, 9.17) is 23.9 Å². The number of nitrogens with one attached hydrogen (secondary N) is 1. The molecule has 5 rings (SSSR count). The molecule has 0 aliphatic rings. The molecule has 7 nitrogen and oxygen atoms in total. The highest BCUT2D eigenvalue weighted by Gasteiger charge is 2.21. The highest BCUT2D eigenvalue weighted by Crippen LogP contribution is 2.45. The van der Waals surface area contributed by atoms with E-state index in [1.807, 2.05) is 49.5 Å². The van der Waals surface area contributed by atoms with E-state index in [1.54, 1.807) is 16.9 Å². The van der Waals surface area contributed by atoms with Gasteiger partial charge in [-0.25, -0.2) is 9.94 Å². The van der Waals surface area contributed by atoms with E-state index in [2.05, 4.69) is 20.1 Å². The molecule has 0 atom stereocenters. The van der Waals surface area contributed by atoms with Gasteiger partial charge < -0.3 is 5.73 Å². The van der Waals surface area contributed by atoms with Gasteiger partial charge in [-0.1, -0.05) is 41.9 Å². The summed E-state index contributed by atoms with van der Waals surface area (Å²) in [6.07, 6.45) is 1.73. The summed E-state index contributed by atoms with van der Waals surface area (Å²) in [7, 11) is 1.82. The molecular weight excluding hydrogens is 424 g/mol. The van der Waals surface area contributed by atoms with Crippen molar-refractivity contribution >= 4 is 38.8 Å². The molecular formula is C24H17ClN6O. The number of benzene rings is 3. The maximum absolute atomic E-state index is 12.2. The lowest BCUT2D eigenvalue weighted by atomic mass is 9.96. The van der Waals surface area contributed by atoms with Crippen molar-refractivity contribution in [2.75, 3.05) is 0 Å².